The molecule has 0 bridgehead atoms. The number of carbonyl (C=O) groups excluding carboxylic acids is 1. The number of ether oxygens (including phenoxy) is 1. The first-order valence-corrected chi connectivity index (χ1v) is 12.0. The topological polar surface area (TPSA) is 112 Å². The molecule has 0 aliphatic carbocycles. The lowest BCUT2D eigenvalue weighted by molar-refractivity contribution is -0.163. The minimum Gasteiger partial charge on any atom is -0.488 e. The molecule has 8 nitrogen and oxygen atoms in total. The molecule has 176 valence electrons. The first-order valence-electron chi connectivity index (χ1n) is 11.1. The van der Waals surface area contributed by atoms with Crippen molar-refractivity contribution in [1.82, 2.24) is 9.88 Å². The van der Waals surface area contributed by atoms with E-state index in [9.17, 15) is 19.8 Å². The number of β-lactam (4-membered cyclic amide) rings is 1. The first-order chi connectivity index (χ1) is 16.4. The Labute approximate surface area is 200 Å². The first kappa shape index (κ1) is 22.4. The molecule has 1 aromatic heterocycles. The molecule has 1 saturated heterocycles. The normalized spacial score (nSPS) is 22.5. The Balaban J connectivity index is 1.40. The quantitative estimate of drug-likeness (QED) is 0.424. The van der Waals surface area contributed by atoms with Crippen molar-refractivity contribution in [3.8, 4) is 5.75 Å². The highest BCUT2D eigenvalue weighted by molar-refractivity contribution is 7.09. The summed E-state index contributed by atoms with van der Waals surface area (Å²) >= 11 is 1.59. The van der Waals surface area contributed by atoms with Gasteiger partial charge >= 0.3 is 5.97 Å². The van der Waals surface area contributed by atoms with Crippen LogP contribution in [-0.4, -0.2) is 50.7 Å². The predicted octanol–water partition coefficient (Wildman–Crippen LogP) is 3.48. The molecule has 5 rings (SSSR count). The second-order valence-corrected chi connectivity index (χ2v) is 9.64. The van der Waals surface area contributed by atoms with Gasteiger partial charge in [-0.2, -0.15) is 0 Å². The lowest BCUT2D eigenvalue weighted by atomic mass is 9.78. The van der Waals surface area contributed by atoms with Crippen LogP contribution in [0.4, 0.5) is 5.69 Å². The number of aliphatic hydroxyl groups is 1. The second-order valence-electron chi connectivity index (χ2n) is 8.66. The van der Waals surface area contributed by atoms with E-state index in [1.165, 1.54) is 4.90 Å². The summed E-state index contributed by atoms with van der Waals surface area (Å²) in [4.78, 5) is 30.2. The third-order valence-corrected chi connectivity index (χ3v) is 7.48. The summed E-state index contributed by atoms with van der Waals surface area (Å²) in [7, 11) is 0. The van der Waals surface area contributed by atoms with Crippen molar-refractivity contribution in [2.24, 2.45) is 11.8 Å². The molecule has 4 atom stereocenters. The Hall–Kier alpha value is -3.43. The maximum atomic E-state index is 12.5. The highest BCUT2D eigenvalue weighted by Gasteiger charge is 2.59. The average Bonchev–Trinajstić information content (AvgIpc) is 3.41. The number of hydrogen-bond acceptors (Lipinski definition) is 7. The van der Waals surface area contributed by atoms with Crippen molar-refractivity contribution in [3.63, 3.8) is 0 Å². The van der Waals surface area contributed by atoms with Crippen molar-refractivity contribution in [3.05, 3.63) is 64.3 Å². The third kappa shape index (κ3) is 3.61. The van der Waals surface area contributed by atoms with E-state index in [0.717, 1.165) is 21.5 Å². The van der Waals surface area contributed by atoms with E-state index in [1.807, 2.05) is 48.7 Å². The van der Waals surface area contributed by atoms with Crippen LogP contribution in [0.25, 0.3) is 10.8 Å². The number of benzene rings is 2. The molecular formula is C25H25N3O5S. The highest BCUT2D eigenvalue weighted by Crippen LogP contribution is 2.47. The van der Waals surface area contributed by atoms with Crippen LogP contribution in [0.1, 0.15) is 18.9 Å². The van der Waals surface area contributed by atoms with Crippen LogP contribution < -0.4 is 10.1 Å². The molecule has 3 N–H and O–H groups in total. The van der Waals surface area contributed by atoms with E-state index in [0.29, 0.717) is 17.9 Å². The van der Waals surface area contributed by atoms with Gasteiger partial charge in [0.25, 0.3) is 0 Å². The summed E-state index contributed by atoms with van der Waals surface area (Å²) in [6.45, 7) is 4.12. The average molecular weight is 480 g/mol. The number of nitrogens with zero attached hydrogens (tertiary/aromatic N) is 2. The van der Waals surface area contributed by atoms with Crippen LogP contribution in [0.15, 0.2) is 59.2 Å². The number of nitrogens with one attached hydrogen (secondary N) is 1. The van der Waals surface area contributed by atoms with E-state index in [-0.39, 0.29) is 30.2 Å². The van der Waals surface area contributed by atoms with Crippen LogP contribution in [0.3, 0.4) is 0 Å². The van der Waals surface area contributed by atoms with E-state index >= 15 is 0 Å². The lowest BCUT2D eigenvalue weighted by Crippen LogP contribution is -2.63. The zero-order valence-electron chi connectivity index (χ0n) is 18.8. The Kier molecular flexibility index (Phi) is 5.75. The molecular weight excluding hydrogens is 454 g/mol. The van der Waals surface area contributed by atoms with Gasteiger partial charge in [-0.15, -0.1) is 11.3 Å². The van der Waals surface area contributed by atoms with Crippen LogP contribution >= 0.6 is 11.3 Å². The Morgan fingerprint density at radius 1 is 1.26 bits per heavy atom. The van der Waals surface area contributed by atoms with Gasteiger partial charge in [0, 0.05) is 39.5 Å². The van der Waals surface area contributed by atoms with E-state index in [2.05, 4.69) is 10.3 Å². The number of aliphatic carboxylic acids is 1. The standard InChI is InChI=1S/C25H25N3O5S/c1-13-17(23(25(31)32)28-22(13)21(14(2)29)24(28)30)12-33-19-8-4-5-15-16(19)6-3-7-18(15)27-11-20-26-9-10-34-20/h3-10,13-14,21-22,27,29H,11-12H2,1-2H3,(H,31,32)/t13-,14+,21+,22+/m0/s1. The summed E-state index contributed by atoms with van der Waals surface area (Å²) in [6, 6.07) is 11.3. The number of fused-ring (bicyclic) bond motifs is 2. The largest absolute Gasteiger partial charge is 0.488 e. The molecule has 2 aliphatic heterocycles. The zero-order chi connectivity index (χ0) is 24.0. The molecule has 3 aromatic rings. The maximum Gasteiger partial charge on any atom is 0.352 e. The smallest absolute Gasteiger partial charge is 0.352 e. The molecule has 0 unspecified atom stereocenters. The van der Waals surface area contributed by atoms with E-state index in [4.69, 9.17) is 4.74 Å². The molecule has 0 spiro atoms. The summed E-state index contributed by atoms with van der Waals surface area (Å²) in [5.74, 6) is -1.69. The van der Waals surface area contributed by atoms with Gasteiger partial charge in [0.15, 0.2) is 0 Å². The number of aromatic nitrogens is 1. The van der Waals surface area contributed by atoms with Gasteiger partial charge in [-0.25, -0.2) is 9.78 Å². The number of rotatable bonds is 8. The van der Waals surface area contributed by atoms with Crippen molar-refractivity contribution in [2.45, 2.75) is 32.5 Å². The van der Waals surface area contributed by atoms with Gasteiger partial charge < -0.3 is 25.2 Å². The van der Waals surface area contributed by atoms with Gasteiger partial charge in [-0.1, -0.05) is 31.2 Å². The fourth-order valence-corrected chi connectivity index (χ4v) is 5.62. The Morgan fingerprint density at radius 3 is 2.74 bits per heavy atom. The minimum absolute atomic E-state index is 0.0227. The third-order valence-electron chi connectivity index (χ3n) is 6.70. The zero-order valence-corrected chi connectivity index (χ0v) is 19.6. The van der Waals surface area contributed by atoms with Crippen molar-refractivity contribution < 1.29 is 24.5 Å². The molecule has 2 aromatic carbocycles. The van der Waals surface area contributed by atoms with Gasteiger partial charge in [0.1, 0.15) is 23.1 Å². The molecule has 1 amide bonds. The Bertz CT molecular complexity index is 1290. The number of carboxylic acids is 1. The molecule has 0 radical (unpaired) electrons. The molecule has 9 heteroatoms. The fraction of sp³-hybridized carbons (Fsp3) is 0.320. The lowest BCUT2D eigenvalue weighted by Gasteiger charge is -2.46. The van der Waals surface area contributed by atoms with Gasteiger partial charge in [-0.05, 0) is 19.1 Å². The fourth-order valence-electron chi connectivity index (χ4n) is 5.06. The molecule has 1 fully saturated rings. The van der Waals surface area contributed by atoms with E-state index < -0.39 is 18.0 Å². The number of anilines is 1. The van der Waals surface area contributed by atoms with Crippen LogP contribution in [0, 0.1) is 11.8 Å². The molecule has 2 aliphatic rings. The summed E-state index contributed by atoms with van der Waals surface area (Å²) in [5, 5.41) is 28.1. The molecule has 34 heavy (non-hydrogen) atoms. The van der Waals surface area contributed by atoms with E-state index in [1.54, 1.807) is 24.5 Å². The number of aliphatic hydroxyl groups excluding tert-OH is 1. The van der Waals surface area contributed by atoms with Gasteiger partial charge in [-0.3, -0.25) is 4.79 Å². The number of hydrogen-bond donors (Lipinski definition) is 3. The predicted molar refractivity (Wildman–Crippen MR) is 129 cm³/mol. The van der Waals surface area contributed by atoms with Gasteiger partial charge in [0.2, 0.25) is 5.91 Å². The van der Waals surface area contributed by atoms with Gasteiger partial charge in [0.05, 0.1) is 24.6 Å². The number of thiazole rings is 1. The SMILES string of the molecule is C[C@@H](O)[C@H]1C(=O)N2C(C(=O)O)=C(COc3cccc4c(NCc5nccs5)cccc34)[C@H](C)[C@H]12. The van der Waals surface area contributed by atoms with Crippen LogP contribution in [0.2, 0.25) is 0 Å². The maximum absolute atomic E-state index is 12.5. The van der Waals surface area contributed by atoms with Crippen molar-refractivity contribution >= 4 is 39.7 Å². The van der Waals surface area contributed by atoms with Crippen LogP contribution in [0.5, 0.6) is 5.75 Å². The minimum atomic E-state index is -1.16. The summed E-state index contributed by atoms with van der Waals surface area (Å²) in [5.41, 5.74) is 1.49. The second kappa shape index (κ2) is 8.73. The van der Waals surface area contributed by atoms with Crippen LogP contribution in [-0.2, 0) is 16.1 Å². The molecule has 0 saturated carbocycles. The van der Waals surface area contributed by atoms with Crippen molar-refractivity contribution in [2.75, 3.05) is 11.9 Å². The monoisotopic (exact) mass is 479 g/mol. The molecule has 3 heterocycles. The highest BCUT2D eigenvalue weighted by atomic mass is 32.1. The number of amides is 1. The number of carbonyl (C=O) groups is 2. The van der Waals surface area contributed by atoms with Crippen molar-refractivity contribution in [1.29, 1.82) is 0 Å². The number of carboxylic acid groups (broad SMARTS) is 1. The summed E-state index contributed by atoms with van der Waals surface area (Å²) in [6.07, 6.45) is 0.945. The Morgan fingerprint density at radius 2 is 2.03 bits per heavy atom. The summed E-state index contributed by atoms with van der Waals surface area (Å²) < 4.78 is 6.16.